The van der Waals surface area contributed by atoms with Crippen LogP contribution in [0, 0.1) is 17.0 Å². The number of hydrogen-bond acceptors (Lipinski definition) is 5. The molecule has 3 rings (SSSR count). The van der Waals surface area contributed by atoms with Gasteiger partial charge in [0.1, 0.15) is 11.4 Å². The minimum absolute atomic E-state index is 0.145. The molecule has 1 N–H and O–H groups in total. The highest BCUT2D eigenvalue weighted by Gasteiger charge is 2.20. The van der Waals surface area contributed by atoms with Crippen LogP contribution < -0.4 is 11.0 Å². The molecule has 1 aromatic heterocycles. The number of rotatable bonds is 3. The van der Waals surface area contributed by atoms with E-state index in [9.17, 15) is 19.7 Å². The van der Waals surface area contributed by atoms with E-state index in [1.165, 1.54) is 24.3 Å². The van der Waals surface area contributed by atoms with E-state index in [1.807, 2.05) is 0 Å². The number of halogens is 1. The van der Waals surface area contributed by atoms with Crippen LogP contribution in [0.1, 0.15) is 16.2 Å². The first kappa shape index (κ1) is 16.8. The summed E-state index contributed by atoms with van der Waals surface area (Å²) in [6, 6.07) is 10.5. The Bertz CT molecular complexity index is 1080. The summed E-state index contributed by atoms with van der Waals surface area (Å²) in [6.07, 6.45) is 0. The van der Waals surface area contributed by atoms with Gasteiger partial charge in [-0.3, -0.25) is 25.1 Å². The zero-order valence-electron chi connectivity index (χ0n) is 12.9. The highest BCUT2D eigenvalue weighted by atomic mass is 79.9. The first-order chi connectivity index (χ1) is 11.9. The Balaban J connectivity index is 2.08. The minimum atomic E-state index is -0.770. The maximum absolute atomic E-state index is 12.6. The van der Waals surface area contributed by atoms with Gasteiger partial charge in [0, 0.05) is 10.5 Å². The van der Waals surface area contributed by atoms with Crippen LogP contribution >= 0.6 is 15.9 Å². The van der Waals surface area contributed by atoms with Gasteiger partial charge in [0.15, 0.2) is 0 Å². The topological polar surface area (TPSA) is 107 Å². The van der Waals surface area contributed by atoms with Crippen molar-refractivity contribution in [2.24, 2.45) is 0 Å². The summed E-state index contributed by atoms with van der Waals surface area (Å²) in [6.45, 7) is 1.56. The van der Waals surface area contributed by atoms with Gasteiger partial charge in [0.05, 0.1) is 15.8 Å². The van der Waals surface area contributed by atoms with E-state index < -0.39 is 16.4 Å². The summed E-state index contributed by atoms with van der Waals surface area (Å²) in [5.41, 5.74) is 1.91. The number of fused-ring (bicyclic) bond motifs is 1. The Hall–Kier alpha value is -3.07. The van der Waals surface area contributed by atoms with Crippen LogP contribution in [0.25, 0.3) is 10.9 Å². The van der Waals surface area contributed by atoms with Crippen molar-refractivity contribution < 1.29 is 9.72 Å². The molecule has 1 amide bonds. The summed E-state index contributed by atoms with van der Waals surface area (Å²) in [7, 11) is 0. The van der Waals surface area contributed by atoms with Gasteiger partial charge < -0.3 is 0 Å². The molecule has 9 heteroatoms. The number of hydrogen-bond donors (Lipinski definition) is 1. The van der Waals surface area contributed by atoms with Gasteiger partial charge in [-0.2, -0.15) is 0 Å². The van der Waals surface area contributed by atoms with Crippen molar-refractivity contribution in [3.8, 4) is 0 Å². The zero-order valence-corrected chi connectivity index (χ0v) is 14.5. The number of aryl methyl sites for hydroxylation is 1. The Labute approximate surface area is 149 Å². The third-order valence-corrected chi connectivity index (χ3v) is 4.05. The number of nitrogens with zero attached hydrogens (tertiary/aromatic N) is 3. The Morgan fingerprint density at radius 3 is 2.72 bits per heavy atom. The van der Waals surface area contributed by atoms with Gasteiger partial charge in [0.25, 0.3) is 17.2 Å². The van der Waals surface area contributed by atoms with E-state index in [-0.39, 0.29) is 17.1 Å². The molecule has 0 radical (unpaired) electrons. The highest BCUT2D eigenvalue weighted by Crippen LogP contribution is 2.18. The van der Waals surface area contributed by atoms with E-state index in [0.717, 1.165) is 4.68 Å². The molecule has 1 heterocycles. The molecule has 0 bridgehead atoms. The van der Waals surface area contributed by atoms with Gasteiger partial charge in [0.2, 0.25) is 0 Å². The monoisotopic (exact) mass is 402 g/mol. The zero-order chi connectivity index (χ0) is 18.1. The van der Waals surface area contributed by atoms with Crippen LogP contribution in [0.5, 0.6) is 0 Å². The SMILES string of the molecule is Cc1nc2ccc(Br)cc2c(=O)n1NC(=O)c1ccccc1[N+](=O)[O-]. The Morgan fingerprint density at radius 1 is 1.28 bits per heavy atom. The Morgan fingerprint density at radius 2 is 2.00 bits per heavy atom. The first-order valence-electron chi connectivity index (χ1n) is 7.12. The van der Waals surface area contributed by atoms with Crippen molar-refractivity contribution in [1.29, 1.82) is 0 Å². The molecule has 0 unspecified atom stereocenters. The molecule has 0 aliphatic heterocycles. The second kappa shape index (κ2) is 6.44. The maximum Gasteiger partial charge on any atom is 0.282 e. The van der Waals surface area contributed by atoms with Gasteiger partial charge in [-0.15, -0.1) is 0 Å². The van der Waals surface area contributed by atoms with Crippen molar-refractivity contribution in [2.45, 2.75) is 6.92 Å². The van der Waals surface area contributed by atoms with Crippen molar-refractivity contribution in [3.63, 3.8) is 0 Å². The summed E-state index contributed by atoms with van der Waals surface area (Å²) in [4.78, 5) is 39.8. The fourth-order valence-corrected chi connectivity index (χ4v) is 2.75. The number of para-hydroxylation sites is 1. The molecule has 8 nitrogen and oxygen atoms in total. The lowest BCUT2D eigenvalue weighted by atomic mass is 10.2. The van der Waals surface area contributed by atoms with Crippen LogP contribution in [-0.4, -0.2) is 20.5 Å². The molecular formula is C16H11BrN4O4. The second-order valence-corrected chi connectivity index (χ2v) is 6.09. The average molecular weight is 403 g/mol. The van der Waals surface area contributed by atoms with E-state index >= 15 is 0 Å². The quantitative estimate of drug-likeness (QED) is 0.535. The molecule has 3 aromatic rings. The number of nitro benzene ring substituents is 1. The van der Waals surface area contributed by atoms with Crippen LogP contribution in [0.3, 0.4) is 0 Å². The third-order valence-electron chi connectivity index (χ3n) is 3.56. The van der Waals surface area contributed by atoms with Crippen LogP contribution in [0.4, 0.5) is 5.69 Å². The first-order valence-corrected chi connectivity index (χ1v) is 7.91. The number of carbonyl (C=O) groups is 1. The fourth-order valence-electron chi connectivity index (χ4n) is 2.39. The average Bonchev–Trinajstić information content (AvgIpc) is 2.59. The third kappa shape index (κ3) is 3.13. The molecule has 0 atom stereocenters. The van der Waals surface area contributed by atoms with Crippen LogP contribution in [0.15, 0.2) is 51.7 Å². The van der Waals surface area contributed by atoms with Crippen LogP contribution in [-0.2, 0) is 0 Å². The molecule has 25 heavy (non-hydrogen) atoms. The summed E-state index contributed by atoms with van der Waals surface area (Å²) in [5.74, 6) is -0.514. The number of aromatic nitrogens is 2. The van der Waals surface area contributed by atoms with Crippen molar-refractivity contribution in [1.82, 2.24) is 9.66 Å². The minimum Gasteiger partial charge on any atom is -0.267 e. The molecule has 0 saturated heterocycles. The van der Waals surface area contributed by atoms with Gasteiger partial charge in [-0.25, -0.2) is 9.66 Å². The molecule has 0 fully saturated rings. The van der Waals surface area contributed by atoms with E-state index in [2.05, 4.69) is 26.3 Å². The molecule has 0 saturated carbocycles. The van der Waals surface area contributed by atoms with Crippen LogP contribution in [0.2, 0.25) is 0 Å². The number of nitro groups is 1. The summed E-state index contributed by atoms with van der Waals surface area (Å²) >= 11 is 3.28. The lowest BCUT2D eigenvalue weighted by Gasteiger charge is -2.12. The molecule has 0 spiro atoms. The molecule has 0 aliphatic carbocycles. The Kier molecular flexibility index (Phi) is 4.32. The normalized spacial score (nSPS) is 10.6. The van der Waals surface area contributed by atoms with Crippen molar-refractivity contribution in [2.75, 3.05) is 5.43 Å². The smallest absolute Gasteiger partial charge is 0.267 e. The second-order valence-electron chi connectivity index (χ2n) is 5.18. The number of nitrogens with one attached hydrogen (secondary N) is 1. The van der Waals surface area contributed by atoms with Gasteiger partial charge >= 0.3 is 0 Å². The van der Waals surface area contributed by atoms with Crippen molar-refractivity contribution in [3.05, 3.63) is 78.8 Å². The molecule has 0 aliphatic rings. The van der Waals surface area contributed by atoms with Gasteiger partial charge in [-0.1, -0.05) is 28.1 Å². The lowest BCUT2D eigenvalue weighted by Crippen LogP contribution is -2.35. The summed E-state index contributed by atoms with van der Waals surface area (Å²) < 4.78 is 1.67. The molecular weight excluding hydrogens is 392 g/mol. The highest BCUT2D eigenvalue weighted by molar-refractivity contribution is 9.10. The lowest BCUT2D eigenvalue weighted by molar-refractivity contribution is -0.385. The van der Waals surface area contributed by atoms with Crippen molar-refractivity contribution >= 4 is 38.4 Å². The largest absolute Gasteiger partial charge is 0.282 e. The van der Waals surface area contributed by atoms with Gasteiger partial charge in [-0.05, 0) is 31.2 Å². The number of carbonyl (C=O) groups excluding carboxylic acids is 1. The molecule has 2 aromatic carbocycles. The number of benzene rings is 2. The predicted molar refractivity (Wildman–Crippen MR) is 95.2 cm³/mol. The summed E-state index contributed by atoms with van der Waals surface area (Å²) in [5, 5.41) is 11.4. The van der Waals surface area contributed by atoms with E-state index in [4.69, 9.17) is 0 Å². The number of amides is 1. The standard InChI is InChI=1S/C16H11BrN4O4/c1-9-18-13-7-6-10(17)8-12(13)16(23)20(9)19-15(22)11-4-2-3-5-14(11)21(24)25/h2-8H,1H3,(H,19,22). The molecule has 126 valence electrons. The maximum atomic E-state index is 12.6. The van der Waals surface area contributed by atoms with E-state index in [0.29, 0.717) is 15.4 Å². The van der Waals surface area contributed by atoms with E-state index in [1.54, 1.807) is 25.1 Å². The fraction of sp³-hybridized carbons (Fsp3) is 0.0625. The predicted octanol–water partition coefficient (Wildman–Crippen LogP) is 2.76.